The molecule has 0 atom stereocenters. The Morgan fingerprint density at radius 1 is 0.947 bits per heavy atom. The van der Waals surface area contributed by atoms with Crippen molar-refractivity contribution in [2.24, 2.45) is 0 Å². The third-order valence-corrected chi connectivity index (χ3v) is 6.91. The van der Waals surface area contributed by atoms with Crippen LogP contribution in [0.4, 0.5) is 5.69 Å². The molecule has 0 bridgehead atoms. The number of nitrogens with zero attached hydrogens (tertiary/aromatic N) is 1. The number of benzene rings is 3. The molecule has 0 spiro atoms. The molecule has 0 fully saturated rings. The number of anilines is 1. The topological polar surface area (TPSA) is 80.3 Å². The van der Waals surface area contributed by atoms with Gasteiger partial charge in [-0.15, -0.1) is 0 Å². The van der Waals surface area contributed by atoms with Crippen LogP contribution in [0.5, 0.6) is 0 Å². The van der Waals surface area contributed by atoms with Crippen molar-refractivity contribution in [2.75, 3.05) is 5.32 Å². The fourth-order valence-electron chi connectivity index (χ4n) is 4.02. The Kier molecular flexibility index (Phi) is 7.06. The molecule has 3 aromatic carbocycles. The second-order valence-electron chi connectivity index (χ2n) is 9.47. The molecule has 1 amide bonds. The number of amides is 1. The lowest BCUT2D eigenvalue weighted by atomic mass is 10.0. The number of halogens is 1. The number of hydrogen-bond acceptors (Lipinski definition) is 5. The van der Waals surface area contributed by atoms with Crippen LogP contribution in [0, 0.1) is 13.8 Å². The van der Waals surface area contributed by atoms with Crippen LogP contribution in [-0.2, 0) is 0 Å². The molecule has 0 saturated carbocycles. The Morgan fingerprint density at radius 2 is 1.76 bits per heavy atom. The molecule has 192 valence electrons. The van der Waals surface area contributed by atoms with Gasteiger partial charge in [-0.25, -0.2) is 4.98 Å². The summed E-state index contributed by atoms with van der Waals surface area (Å²) in [6.45, 7) is 8.35. The van der Waals surface area contributed by atoms with Crippen LogP contribution < -0.4 is 10.6 Å². The molecule has 0 radical (unpaired) electrons. The Balaban J connectivity index is 1.29. The van der Waals surface area contributed by atoms with Gasteiger partial charge in [-0.3, -0.25) is 10.1 Å². The first kappa shape index (κ1) is 25.7. The minimum atomic E-state index is -0.452. The van der Waals surface area contributed by atoms with Gasteiger partial charge in [-0.05, 0) is 97.2 Å². The molecule has 8 heteroatoms. The third-order valence-electron chi connectivity index (χ3n) is 6.38. The third kappa shape index (κ3) is 5.35. The molecule has 38 heavy (non-hydrogen) atoms. The zero-order chi connectivity index (χ0) is 27.0. The number of hydrogen-bond donors (Lipinski definition) is 2. The molecule has 0 aliphatic rings. The van der Waals surface area contributed by atoms with Crippen LogP contribution in [0.15, 0.2) is 75.6 Å². The summed E-state index contributed by atoms with van der Waals surface area (Å²) >= 11 is 11.8. The number of oxazole rings is 1. The van der Waals surface area contributed by atoms with E-state index in [1.54, 1.807) is 30.3 Å². The molecule has 2 aromatic heterocycles. The van der Waals surface area contributed by atoms with E-state index in [4.69, 9.17) is 32.7 Å². The normalized spacial score (nSPS) is 11.2. The van der Waals surface area contributed by atoms with Crippen LogP contribution in [0.25, 0.3) is 33.9 Å². The average Bonchev–Trinajstić information content (AvgIpc) is 3.54. The Bertz CT molecular complexity index is 1690. The second kappa shape index (κ2) is 10.4. The predicted octanol–water partition coefficient (Wildman–Crippen LogP) is 8.28. The quantitative estimate of drug-likeness (QED) is 0.217. The van der Waals surface area contributed by atoms with Gasteiger partial charge in [-0.1, -0.05) is 43.6 Å². The van der Waals surface area contributed by atoms with Crippen LogP contribution in [0.2, 0.25) is 5.02 Å². The lowest BCUT2D eigenvalue weighted by molar-refractivity contribution is 0.0951. The van der Waals surface area contributed by atoms with E-state index in [-0.39, 0.29) is 10.9 Å². The minimum absolute atomic E-state index is 0.117. The van der Waals surface area contributed by atoms with Crippen molar-refractivity contribution in [3.05, 3.63) is 94.2 Å². The lowest BCUT2D eigenvalue weighted by Crippen LogP contribution is -2.33. The van der Waals surface area contributed by atoms with E-state index in [2.05, 4.69) is 29.5 Å². The molecule has 2 N–H and O–H groups in total. The van der Waals surface area contributed by atoms with Crippen LogP contribution in [0.1, 0.15) is 47.0 Å². The predicted molar refractivity (Wildman–Crippen MR) is 156 cm³/mol. The summed E-state index contributed by atoms with van der Waals surface area (Å²) in [5.74, 6) is 1.10. The second-order valence-corrected chi connectivity index (χ2v) is 10.3. The Morgan fingerprint density at radius 3 is 2.53 bits per heavy atom. The van der Waals surface area contributed by atoms with Crippen molar-refractivity contribution in [2.45, 2.75) is 33.6 Å². The molecular formula is C30H26ClN3O3S. The monoisotopic (exact) mass is 543 g/mol. The number of thiocarbonyl (C=S) groups is 1. The number of carbonyl (C=O) groups excluding carboxylic acids is 1. The van der Waals surface area contributed by atoms with E-state index < -0.39 is 5.91 Å². The van der Waals surface area contributed by atoms with Gasteiger partial charge in [0.25, 0.3) is 5.91 Å². The zero-order valence-electron chi connectivity index (χ0n) is 21.4. The number of carbonyl (C=O) groups is 1. The fraction of sp³-hybridized carbons (Fsp3) is 0.167. The van der Waals surface area contributed by atoms with Crippen molar-refractivity contribution in [1.82, 2.24) is 10.3 Å². The van der Waals surface area contributed by atoms with Crippen molar-refractivity contribution in [3.8, 4) is 22.8 Å². The summed E-state index contributed by atoms with van der Waals surface area (Å²) in [5.41, 5.74) is 7.10. The van der Waals surface area contributed by atoms with Crippen molar-refractivity contribution >= 4 is 51.6 Å². The first-order chi connectivity index (χ1) is 18.2. The van der Waals surface area contributed by atoms with Gasteiger partial charge in [0.1, 0.15) is 11.3 Å². The largest absolute Gasteiger partial charge is 0.451 e. The number of furan rings is 1. The Labute approximate surface area is 231 Å². The molecule has 6 nitrogen and oxygen atoms in total. The highest BCUT2D eigenvalue weighted by atomic mass is 35.5. The van der Waals surface area contributed by atoms with E-state index in [0.717, 1.165) is 16.6 Å². The maximum Gasteiger partial charge on any atom is 0.293 e. The molecule has 5 aromatic rings. The standard InChI is InChI=1S/C30H26ClN3O3S/c1-16(2)19-7-10-26-24(14-19)33-29(37-26)22-15-21(8-9-23(22)31)32-30(38)34-28(35)27-12-11-25(36-27)20-6-5-17(3)18(4)13-20/h5-16H,1-4H3,(H2,32,34,35,38). The average molecular weight is 544 g/mol. The number of rotatable bonds is 5. The lowest BCUT2D eigenvalue weighted by Gasteiger charge is -2.10. The number of fused-ring (bicyclic) bond motifs is 1. The molecule has 0 aliphatic carbocycles. The molecule has 2 heterocycles. The maximum absolute atomic E-state index is 12.7. The molecule has 5 rings (SSSR count). The first-order valence-electron chi connectivity index (χ1n) is 12.2. The van der Waals surface area contributed by atoms with Crippen LogP contribution in [0.3, 0.4) is 0 Å². The Hall–Kier alpha value is -3.94. The van der Waals surface area contributed by atoms with Gasteiger partial charge >= 0.3 is 0 Å². The van der Waals surface area contributed by atoms with Gasteiger partial charge < -0.3 is 14.2 Å². The van der Waals surface area contributed by atoms with E-state index in [9.17, 15) is 4.79 Å². The van der Waals surface area contributed by atoms with Crippen molar-refractivity contribution in [1.29, 1.82) is 0 Å². The highest BCUT2D eigenvalue weighted by Crippen LogP contribution is 2.33. The summed E-state index contributed by atoms with van der Waals surface area (Å²) in [7, 11) is 0. The first-order valence-corrected chi connectivity index (χ1v) is 13.0. The van der Waals surface area contributed by atoms with Crippen LogP contribution in [-0.4, -0.2) is 16.0 Å². The molecule has 0 saturated heterocycles. The molecular weight excluding hydrogens is 518 g/mol. The summed E-state index contributed by atoms with van der Waals surface area (Å²) < 4.78 is 11.8. The highest BCUT2D eigenvalue weighted by molar-refractivity contribution is 7.80. The smallest absolute Gasteiger partial charge is 0.293 e. The number of aromatic nitrogens is 1. The van der Waals surface area contributed by atoms with Gasteiger partial charge in [0.2, 0.25) is 5.89 Å². The van der Waals surface area contributed by atoms with E-state index in [0.29, 0.717) is 39.4 Å². The van der Waals surface area contributed by atoms with Gasteiger partial charge in [-0.2, -0.15) is 0 Å². The maximum atomic E-state index is 12.7. The van der Waals surface area contributed by atoms with E-state index in [1.165, 1.54) is 11.1 Å². The number of nitrogens with one attached hydrogen (secondary N) is 2. The molecule has 0 unspecified atom stereocenters. The highest BCUT2D eigenvalue weighted by Gasteiger charge is 2.16. The molecule has 0 aliphatic heterocycles. The summed E-state index contributed by atoms with van der Waals surface area (Å²) in [6, 6.07) is 20.6. The van der Waals surface area contributed by atoms with E-state index >= 15 is 0 Å². The van der Waals surface area contributed by atoms with Crippen molar-refractivity contribution < 1.29 is 13.6 Å². The van der Waals surface area contributed by atoms with Gasteiger partial charge in [0, 0.05) is 11.3 Å². The van der Waals surface area contributed by atoms with Gasteiger partial charge in [0.15, 0.2) is 16.5 Å². The summed E-state index contributed by atoms with van der Waals surface area (Å²) in [5, 5.41) is 6.28. The summed E-state index contributed by atoms with van der Waals surface area (Å²) in [6.07, 6.45) is 0. The SMILES string of the molecule is Cc1ccc(-c2ccc(C(=O)NC(=S)Nc3ccc(Cl)c(-c4nc5cc(C(C)C)ccc5o4)c3)o2)cc1C. The fourth-order valence-corrected chi connectivity index (χ4v) is 4.43. The van der Waals surface area contributed by atoms with Crippen molar-refractivity contribution in [3.63, 3.8) is 0 Å². The van der Waals surface area contributed by atoms with Gasteiger partial charge in [0.05, 0.1) is 10.6 Å². The van der Waals surface area contributed by atoms with Crippen LogP contribution >= 0.6 is 23.8 Å². The summed E-state index contributed by atoms with van der Waals surface area (Å²) in [4.78, 5) is 17.4. The minimum Gasteiger partial charge on any atom is -0.451 e. The zero-order valence-corrected chi connectivity index (χ0v) is 23.0. The number of aryl methyl sites for hydroxylation is 2. The van der Waals surface area contributed by atoms with E-state index in [1.807, 2.05) is 50.2 Å².